The molecule has 6 rings (SSSR count). The first-order valence-electron chi connectivity index (χ1n) is 11.7. The van der Waals surface area contributed by atoms with Crippen molar-refractivity contribution in [1.82, 2.24) is 0 Å². The average molecular weight is 562 g/mol. The fourth-order valence-electron chi connectivity index (χ4n) is 4.58. The Bertz CT molecular complexity index is 1550. The molecule has 0 amide bonds. The van der Waals surface area contributed by atoms with Gasteiger partial charge in [-0.15, -0.1) is 0 Å². The Morgan fingerprint density at radius 3 is 1.06 bits per heavy atom. The summed E-state index contributed by atoms with van der Waals surface area (Å²) in [4.78, 5) is 14.1. The summed E-state index contributed by atoms with van der Waals surface area (Å²) in [5.41, 5.74) is 5.98. The average Bonchev–Trinajstić information content (AvgIpc) is 3.22. The summed E-state index contributed by atoms with van der Waals surface area (Å²) in [7, 11) is 0. The number of hydrogen-bond acceptors (Lipinski definition) is 1. The third-order valence-electron chi connectivity index (χ3n) is 6.29. The molecule has 0 saturated carbocycles. The normalized spacial score (nSPS) is 11.0. The zero-order valence-electron chi connectivity index (χ0n) is 19.0. The molecule has 0 saturated heterocycles. The molecule has 35 heavy (non-hydrogen) atoms. The predicted octanol–water partition coefficient (Wildman–Crippen LogP) is 7.93. The molecule has 0 N–H and O–H groups in total. The summed E-state index contributed by atoms with van der Waals surface area (Å²) in [5, 5.41) is 2.38. The van der Waals surface area contributed by atoms with E-state index in [1.165, 1.54) is 29.1 Å². The van der Waals surface area contributed by atoms with Crippen LogP contribution < -0.4 is 5.43 Å². The van der Waals surface area contributed by atoms with Crippen LogP contribution in [0.2, 0.25) is 0 Å². The molecule has 0 aliphatic heterocycles. The van der Waals surface area contributed by atoms with Gasteiger partial charge in [0.25, 0.3) is 0 Å². The zero-order valence-corrected chi connectivity index (χ0v) is 21.3. The molecular formula is C33H22OTe. The molecule has 5 aromatic carbocycles. The van der Waals surface area contributed by atoms with Crippen molar-refractivity contribution < 1.29 is 0 Å². The van der Waals surface area contributed by atoms with Gasteiger partial charge < -0.3 is 0 Å². The Balaban J connectivity index is 1.79. The predicted molar refractivity (Wildman–Crippen MR) is 149 cm³/mol. The van der Waals surface area contributed by atoms with E-state index in [-0.39, 0.29) is 5.43 Å². The molecular weight excluding hydrogens is 540 g/mol. The zero-order chi connectivity index (χ0) is 23.6. The molecule has 1 heterocycles. The molecule has 166 valence electrons. The van der Waals surface area contributed by atoms with Crippen molar-refractivity contribution in [3.8, 4) is 40.5 Å². The van der Waals surface area contributed by atoms with Crippen molar-refractivity contribution in [2.45, 2.75) is 0 Å². The second-order valence-electron chi connectivity index (χ2n) is 8.50. The Labute approximate surface area is 214 Å². The third-order valence-corrected chi connectivity index (χ3v) is 10.1. The first-order chi connectivity index (χ1) is 17.3. The summed E-state index contributed by atoms with van der Waals surface area (Å²) in [6.07, 6.45) is 0. The van der Waals surface area contributed by atoms with Crippen LogP contribution in [0.3, 0.4) is 0 Å². The maximum atomic E-state index is 14.1. The van der Waals surface area contributed by atoms with Crippen molar-refractivity contribution in [2.24, 2.45) is 0 Å². The molecule has 0 spiro atoms. The van der Waals surface area contributed by atoms with Crippen LogP contribution in [-0.4, -0.2) is 20.4 Å². The van der Waals surface area contributed by atoms with Gasteiger partial charge in [-0.25, -0.2) is 0 Å². The first kappa shape index (κ1) is 21.8. The molecule has 1 nitrogen and oxygen atoms in total. The van der Waals surface area contributed by atoms with Crippen LogP contribution in [0.25, 0.3) is 51.3 Å². The van der Waals surface area contributed by atoms with Gasteiger partial charge in [0.1, 0.15) is 0 Å². The van der Waals surface area contributed by atoms with Crippen molar-refractivity contribution in [3.05, 3.63) is 144 Å². The van der Waals surface area contributed by atoms with E-state index in [2.05, 4.69) is 72.8 Å². The fraction of sp³-hybridized carbons (Fsp3) is 0. The van der Waals surface area contributed by atoms with Crippen LogP contribution in [0, 0.1) is 0 Å². The summed E-state index contributed by atoms with van der Waals surface area (Å²) >= 11 is -0.678. The fourth-order valence-corrected chi connectivity index (χ4v) is 8.20. The molecule has 6 aromatic rings. The molecule has 0 fully saturated rings. The van der Waals surface area contributed by atoms with Crippen LogP contribution in [0.15, 0.2) is 138 Å². The Hall–Kier alpha value is -3.70. The van der Waals surface area contributed by atoms with E-state index in [1.807, 2.05) is 60.7 Å². The summed E-state index contributed by atoms with van der Waals surface area (Å²) in [6, 6.07) is 45.8. The number of hydrogen-bond donors (Lipinski definition) is 0. The van der Waals surface area contributed by atoms with E-state index in [0.717, 1.165) is 22.3 Å². The second-order valence-corrected chi connectivity index (χ2v) is 11.4. The first-order valence-corrected chi connectivity index (χ1v) is 14.0. The van der Waals surface area contributed by atoms with Gasteiger partial charge in [0.2, 0.25) is 0 Å². The van der Waals surface area contributed by atoms with Gasteiger partial charge >= 0.3 is 215 Å². The molecule has 0 aliphatic carbocycles. The minimum absolute atomic E-state index is 0.0669. The van der Waals surface area contributed by atoms with Gasteiger partial charge in [-0.05, 0) is 0 Å². The van der Waals surface area contributed by atoms with E-state index in [1.54, 1.807) is 0 Å². The van der Waals surface area contributed by atoms with Gasteiger partial charge in [0.15, 0.2) is 0 Å². The number of rotatable bonds is 4. The molecule has 0 bridgehead atoms. The molecule has 0 aliphatic rings. The Kier molecular flexibility index (Phi) is 5.93. The van der Waals surface area contributed by atoms with Crippen molar-refractivity contribution >= 4 is 31.2 Å². The van der Waals surface area contributed by atoms with Gasteiger partial charge in [-0.3, -0.25) is 0 Å². The van der Waals surface area contributed by atoms with E-state index >= 15 is 0 Å². The topological polar surface area (TPSA) is 17.1 Å². The SMILES string of the molecule is O=c1c(-c2ccccc2)cc2c(-c3ccccc3)[te]c(-c3ccccc3)c2cc1-c1ccccc1. The maximum absolute atomic E-state index is 14.1. The third kappa shape index (κ3) is 4.17. The summed E-state index contributed by atoms with van der Waals surface area (Å²) in [5.74, 6) is 0. The Morgan fingerprint density at radius 1 is 0.400 bits per heavy atom. The van der Waals surface area contributed by atoms with Crippen molar-refractivity contribution in [2.75, 3.05) is 0 Å². The standard InChI is InChI=1S/C33H22OTe/c34-31-27(23-13-5-1-6-14-23)21-29-30(22-28(31)24-15-7-2-8-16-24)33(26-19-11-4-12-20-26)35-32(29)25-17-9-3-10-18-25/h1-22H. The van der Waals surface area contributed by atoms with Crippen LogP contribution in [0.4, 0.5) is 0 Å². The molecule has 1 aromatic heterocycles. The number of fused-ring (bicyclic) bond motifs is 1. The van der Waals surface area contributed by atoms with Gasteiger partial charge in [-0.1, -0.05) is 0 Å². The van der Waals surface area contributed by atoms with Gasteiger partial charge in [0, 0.05) is 0 Å². The second kappa shape index (κ2) is 9.51. The minimum atomic E-state index is -0.678. The van der Waals surface area contributed by atoms with Crippen molar-refractivity contribution in [1.29, 1.82) is 0 Å². The molecule has 2 heteroatoms. The van der Waals surface area contributed by atoms with Gasteiger partial charge in [-0.2, -0.15) is 0 Å². The molecule has 0 atom stereocenters. The van der Waals surface area contributed by atoms with Gasteiger partial charge in [0.05, 0.1) is 0 Å². The van der Waals surface area contributed by atoms with E-state index < -0.39 is 20.4 Å². The van der Waals surface area contributed by atoms with Crippen LogP contribution in [-0.2, 0) is 0 Å². The molecule has 0 radical (unpaired) electrons. The van der Waals surface area contributed by atoms with E-state index in [9.17, 15) is 4.79 Å². The number of benzene rings is 4. The van der Waals surface area contributed by atoms with E-state index in [0.29, 0.717) is 0 Å². The van der Waals surface area contributed by atoms with E-state index in [4.69, 9.17) is 0 Å². The quantitative estimate of drug-likeness (QED) is 0.200. The molecule has 0 unspecified atom stereocenters. The van der Waals surface area contributed by atoms with Crippen LogP contribution in [0.5, 0.6) is 0 Å². The summed E-state index contributed by atoms with van der Waals surface area (Å²) < 4.78 is 2.77. The monoisotopic (exact) mass is 564 g/mol. The van der Waals surface area contributed by atoms with Crippen LogP contribution >= 0.6 is 0 Å². The summed E-state index contributed by atoms with van der Waals surface area (Å²) in [6.45, 7) is 0. The Morgan fingerprint density at radius 2 is 0.714 bits per heavy atom. The van der Waals surface area contributed by atoms with Crippen molar-refractivity contribution in [3.63, 3.8) is 0 Å². The van der Waals surface area contributed by atoms with Crippen LogP contribution in [0.1, 0.15) is 0 Å².